The minimum Gasteiger partial charge on any atom is -0.455 e. The SMILES string of the molecule is CC(=O)O[C@H](C[C@H](C(C)C)N(C)C(=O)[C@H](NC(=O)[C@H]1CCCN1C)C(C(F)(F)F)C(F)(F)F)c1nc(C(=O)N[C@@H](Cc2ccccc2)CC(C)C)cs1. The van der Waals surface area contributed by atoms with Crippen molar-refractivity contribution in [2.45, 2.75) is 109 Å². The second-order valence-electron chi connectivity index (χ2n) is 14.3. The summed E-state index contributed by atoms with van der Waals surface area (Å²) in [5.41, 5.74) is 1.04. The number of alkyl halides is 6. The molecule has 0 saturated carbocycles. The number of likely N-dealkylation sites (tertiary alicyclic amines) is 1. The second-order valence-corrected chi connectivity index (χ2v) is 15.2. The number of likely N-dealkylation sites (N-methyl/N-ethyl adjacent to an activating group) is 2. The number of ether oxygens (including phenoxy) is 1. The maximum absolute atomic E-state index is 14.1. The number of nitrogens with one attached hydrogen (secondary N) is 2. The van der Waals surface area contributed by atoms with Gasteiger partial charge in [-0.05, 0) is 56.7 Å². The lowest BCUT2D eigenvalue weighted by molar-refractivity contribution is -0.290. The molecular weight excluding hydrogens is 728 g/mol. The standard InChI is InChI=1S/C36H49F6N5O5S/c1-20(2)16-24(17-23-12-9-8-10-13-23)43-31(49)25-19-53-33(44-25)28(52-22(5)48)18-27(21(3)4)47(7)34(51)29(30(35(37,38)39)36(40,41)42)45-32(50)26-14-11-15-46(26)6/h8-10,12-13,19-21,24,26-30H,11,14-18H2,1-7H3,(H,43,49)(H,45,50)/t24-,26-,27-,28-,29-/m1/s1. The molecule has 296 valence electrons. The monoisotopic (exact) mass is 777 g/mol. The summed E-state index contributed by atoms with van der Waals surface area (Å²) in [5, 5.41) is 6.40. The minimum absolute atomic E-state index is 0.0207. The molecule has 53 heavy (non-hydrogen) atoms. The van der Waals surface area contributed by atoms with E-state index in [2.05, 4.69) is 10.3 Å². The number of aromatic nitrogens is 1. The first-order valence-corrected chi connectivity index (χ1v) is 18.4. The zero-order valence-corrected chi connectivity index (χ0v) is 31.7. The van der Waals surface area contributed by atoms with Gasteiger partial charge in [-0.2, -0.15) is 26.3 Å². The van der Waals surface area contributed by atoms with E-state index in [0.29, 0.717) is 25.8 Å². The summed E-state index contributed by atoms with van der Waals surface area (Å²) in [5.74, 6) is -8.52. The molecule has 3 amide bonds. The van der Waals surface area contributed by atoms with Crippen molar-refractivity contribution in [3.63, 3.8) is 0 Å². The second kappa shape index (κ2) is 18.5. The topological polar surface area (TPSA) is 121 Å². The zero-order valence-electron chi connectivity index (χ0n) is 30.9. The number of thiazole rings is 1. The van der Waals surface area contributed by atoms with Crippen LogP contribution in [0.15, 0.2) is 35.7 Å². The van der Waals surface area contributed by atoms with Crippen LogP contribution in [0.1, 0.15) is 87.5 Å². The first kappa shape index (κ1) is 43.7. The molecule has 1 aromatic heterocycles. The van der Waals surface area contributed by atoms with Crippen LogP contribution in [0.3, 0.4) is 0 Å². The number of esters is 1. The Labute approximate surface area is 310 Å². The fourth-order valence-corrected chi connectivity index (χ4v) is 7.52. The molecule has 0 aliphatic carbocycles. The maximum Gasteiger partial charge on any atom is 0.403 e. The van der Waals surface area contributed by atoms with Crippen LogP contribution in [0.25, 0.3) is 0 Å². The van der Waals surface area contributed by atoms with E-state index in [-0.39, 0.29) is 35.5 Å². The molecule has 17 heteroatoms. The number of halogens is 6. The van der Waals surface area contributed by atoms with Gasteiger partial charge in [0.15, 0.2) is 12.0 Å². The normalized spacial score (nSPS) is 17.8. The molecule has 0 radical (unpaired) electrons. The van der Waals surface area contributed by atoms with Crippen molar-refractivity contribution in [2.75, 3.05) is 20.6 Å². The molecule has 1 aromatic carbocycles. The van der Waals surface area contributed by atoms with E-state index in [0.717, 1.165) is 35.8 Å². The highest BCUT2D eigenvalue weighted by atomic mass is 32.1. The Morgan fingerprint density at radius 2 is 1.62 bits per heavy atom. The van der Waals surface area contributed by atoms with Gasteiger partial charge in [0.1, 0.15) is 16.7 Å². The van der Waals surface area contributed by atoms with Crippen molar-refractivity contribution in [3.8, 4) is 0 Å². The lowest BCUT2D eigenvalue weighted by Crippen LogP contribution is -2.62. The van der Waals surface area contributed by atoms with Crippen molar-refractivity contribution < 1.29 is 50.3 Å². The molecule has 3 rings (SSSR count). The van der Waals surface area contributed by atoms with Crippen molar-refractivity contribution in [1.82, 2.24) is 25.4 Å². The molecule has 1 saturated heterocycles. The van der Waals surface area contributed by atoms with Gasteiger partial charge in [-0.1, -0.05) is 58.0 Å². The van der Waals surface area contributed by atoms with Crippen LogP contribution in [0.2, 0.25) is 0 Å². The molecule has 1 aliphatic heterocycles. The number of rotatable bonds is 16. The van der Waals surface area contributed by atoms with Crippen LogP contribution >= 0.6 is 11.3 Å². The molecule has 0 bridgehead atoms. The highest BCUT2D eigenvalue weighted by Gasteiger charge is 2.63. The molecule has 1 aliphatic rings. The van der Waals surface area contributed by atoms with Crippen molar-refractivity contribution >= 4 is 35.0 Å². The Bertz CT molecular complexity index is 1520. The Morgan fingerprint density at radius 1 is 1.00 bits per heavy atom. The van der Waals surface area contributed by atoms with E-state index in [4.69, 9.17) is 4.74 Å². The van der Waals surface area contributed by atoms with Crippen LogP contribution in [-0.2, 0) is 25.5 Å². The lowest BCUT2D eigenvalue weighted by Gasteiger charge is -2.38. The predicted molar refractivity (Wildman–Crippen MR) is 187 cm³/mol. The first-order chi connectivity index (χ1) is 24.6. The molecule has 2 N–H and O–H groups in total. The average molecular weight is 778 g/mol. The number of benzene rings is 1. The van der Waals surface area contributed by atoms with Crippen molar-refractivity contribution in [3.05, 3.63) is 52.0 Å². The highest BCUT2D eigenvalue weighted by molar-refractivity contribution is 7.09. The number of hydrogen-bond donors (Lipinski definition) is 2. The van der Waals surface area contributed by atoms with Crippen molar-refractivity contribution in [2.24, 2.45) is 17.8 Å². The summed E-state index contributed by atoms with van der Waals surface area (Å²) in [6.07, 6.45) is -11.5. The van der Waals surface area contributed by atoms with Crippen LogP contribution in [0, 0.1) is 17.8 Å². The number of hydrogen-bond acceptors (Lipinski definition) is 8. The average Bonchev–Trinajstić information content (AvgIpc) is 3.70. The van der Waals surface area contributed by atoms with Crippen LogP contribution in [0.4, 0.5) is 26.3 Å². The summed E-state index contributed by atoms with van der Waals surface area (Å²) < 4.78 is 90.1. The molecule has 10 nitrogen and oxygen atoms in total. The smallest absolute Gasteiger partial charge is 0.403 e. The van der Waals surface area contributed by atoms with E-state index < -0.39 is 72.1 Å². The largest absolute Gasteiger partial charge is 0.455 e. The van der Waals surface area contributed by atoms with E-state index >= 15 is 0 Å². The fourth-order valence-electron chi connectivity index (χ4n) is 6.68. The quantitative estimate of drug-likeness (QED) is 0.151. The number of carbonyl (C=O) groups excluding carboxylic acids is 4. The van der Waals surface area contributed by atoms with E-state index in [1.807, 2.05) is 44.2 Å². The van der Waals surface area contributed by atoms with Gasteiger partial charge in [-0.3, -0.25) is 24.1 Å². The number of carbonyl (C=O) groups is 4. The maximum atomic E-state index is 14.1. The lowest BCUT2D eigenvalue weighted by atomic mass is 9.92. The summed E-state index contributed by atoms with van der Waals surface area (Å²) in [6.45, 7) is 8.74. The Kier molecular flexibility index (Phi) is 15.3. The summed E-state index contributed by atoms with van der Waals surface area (Å²) >= 11 is 0.976. The van der Waals surface area contributed by atoms with Gasteiger partial charge in [0, 0.05) is 37.9 Å². The van der Waals surface area contributed by atoms with Gasteiger partial charge < -0.3 is 20.3 Å². The molecule has 2 heterocycles. The van der Waals surface area contributed by atoms with Gasteiger partial charge >= 0.3 is 18.3 Å². The third-order valence-corrected chi connectivity index (χ3v) is 10.2. The van der Waals surface area contributed by atoms with Gasteiger partial charge in [-0.15, -0.1) is 11.3 Å². The van der Waals surface area contributed by atoms with Crippen LogP contribution < -0.4 is 10.6 Å². The molecule has 2 aromatic rings. The molecule has 1 fully saturated rings. The van der Waals surface area contributed by atoms with Gasteiger partial charge in [-0.25, -0.2) is 4.98 Å². The molecule has 5 atom stereocenters. The molecular formula is C36H49F6N5O5S. The van der Waals surface area contributed by atoms with Gasteiger partial charge in [0.25, 0.3) is 5.91 Å². The van der Waals surface area contributed by atoms with Crippen LogP contribution in [0.5, 0.6) is 0 Å². The van der Waals surface area contributed by atoms with Gasteiger partial charge in [0.2, 0.25) is 11.8 Å². The fraction of sp³-hybridized carbons (Fsp3) is 0.639. The Balaban J connectivity index is 1.91. The van der Waals surface area contributed by atoms with E-state index in [1.54, 1.807) is 19.2 Å². The molecule has 0 spiro atoms. The van der Waals surface area contributed by atoms with E-state index in [1.165, 1.54) is 17.3 Å². The number of amides is 3. The third kappa shape index (κ3) is 12.4. The van der Waals surface area contributed by atoms with Crippen molar-refractivity contribution in [1.29, 1.82) is 0 Å². The first-order valence-electron chi connectivity index (χ1n) is 17.5. The van der Waals surface area contributed by atoms with Crippen LogP contribution in [-0.4, -0.2) is 95.6 Å². The molecule has 0 unspecified atom stereocenters. The Hall–Kier alpha value is -3.73. The predicted octanol–water partition coefficient (Wildman–Crippen LogP) is 6.33. The number of nitrogens with zero attached hydrogens (tertiary/aromatic N) is 3. The third-order valence-electron chi connectivity index (χ3n) is 9.25. The highest BCUT2D eigenvalue weighted by Crippen LogP contribution is 2.42. The minimum atomic E-state index is -5.94. The van der Waals surface area contributed by atoms with Gasteiger partial charge in [0.05, 0.1) is 6.04 Å². The Morgan fingerprint density at radius 3 is 2.13 bits per heavy atom. The summed E-state index contributed by atoms with van der Waals surface area (Å²) in [7, 11) is 2.56. The summed E-state index contributed by atoms with van der Waals surface area (Å²) in [6, 6.07) is 4.22. The zero-order chi connectivity index (χ0) is 39.8. The summed E-state index contributed by atoms with van der Waals surface area (Å²) in [4.78, 5) is 59.1. The van der Waals surface area contributed by atoms with E-state index in [9.17, 15) is 45.5 Å².